The second-order valence-electron chi connectivity index (χ2n) is 18.8. The monoisotopic (exact) mass is 1300 g/mol. The highest BCUT2D eigenvalue weighted by atomic mass is 79.9. The number of rotatable bonds is 12. The zero-order valence-electron chi connectivity index (χ0n) is 43.5. The summed E-state index contributed by atoms with van der Waals surface area (Å²) < 4.78 is 12.1. The minimum Gasteiger partial charge on any atom is -0.480 e. The minimum absolute atomic E-state index is 0.00438. The van der Waals surface area contributed by atoms with Gasteiger partial charge in [-0.2, -0.15) is 0 Å². The van der Waals surface area contributed by atoms with Crippen LogP contribution < -0.4 is 31.0 Å². The van der Waals surface area contributed by atoms with Crippen molar-refractivity contribution in [3.8, 4) is 11.8 Å². The number of carbonyl (C=O) groups is 3. The maximum atomic E-state index is 13.3. The number of aromatic amines is 4. The Morgan fingerprint density at radius 2 is 1.01 bits per heavy atom. The Balaban J connectivity index is 0.000000131. The fraction of sp³-hybridized carbons (Fsp3) is 0.235. The van der Waals surface area contributed by atoms with E-state index in [1.54, 1.807) is 31.8 Å². The number of piperidine rings is 1. The van der Waals surface area contributed by atoms with Crippen LogP contribution in [0.4, 0.5) is 34.5 Å². The number of hydrogen-bond acceptors (Lipinski definition) is 21. The number of fused-ring (bicyclic) bond motifs is 6. The van der Waals surface area contributed by atoms with Crippen LogP contribution in [0.1, 0.15) is 78.1 Å². The number of carboxylic acid groups (broad SMARTS) is 2. The van der Waals surface area contributed by atoms with Crippen LogP contribution in [-0.2, 0) is 19.6 Å². The summed E-state index contributed by atoms with van der Waals surface area (Å²) >= 11 is 10.2. The van der Waals surface area contributed by atoms with Crippen molar-refractivity contribution >= 4 is 152 Å². The second-order valence-corrected chi connectivity index (χ2v) is 21.1. The number of halogens is 3. The minimum atomic E-state index is -1.13. The number of nitrogens with zero attached hydrogens (tertiary/aromatic N) is 13. The van der Waals surface area contributed by atoms with Crippen molar-refractivity contribution in [3.05, 3.63) is 112 Å². The summed E-state index contributed by atoms with van der Waals surface area (Å²) in [6.07, 6.45) is 11.2. The van der Waals surface area contributed by atoms with Crippen molar-refractivity contribution in [1.82, 2.24) is 69.6 Å². The van der Waals surface area contributed by atoms with Crippen molar-refractivity contribution < 1.29 is 34.1 Å². The van der Waals surface area contributed by atoms with E-state index in [-0.39, 0.29) is 28.5 Å². The Morgan fingerprint density at radius 1 is 0.598 bits per heavy atom. The van der Waals surface area contributed by atoms with E-state index < -0.39 is 11.9 Å². The number of pyridine rings is 3. The molecule has 0 spiro atoms. The summed E-state index contributed by atoms with van der Waals surface area (Å²) in [5.74, 6) is -0.119. The molecule has 0 bridgehead atoms. The van der Waals surface area contributed by atoms with Gasteiger partial charge in [-0.3, -0.25) is 24.6 Å². The van der Waals surface area contributed by atoms with E-state index >= 15 is 0 Å². The molecule has 13 heterocycles. The average molecular weight is 1310 g/mol. The lowest BCUT2D eigenvalue weighted by Crippen LogP contribution is -2.44. The molecule has 0 atom stereocenters. The topological polar surface area (TPSA) is 373 Å². The molecule has 0 aromatic carbocycles. The number of nitrogens with one attached hydrogen (secondary N) is 7. The van der Waals surface area contributed by atoms with Gasteiger partial charge in [0.05, 0.1) is 74.8 Å². The average Bonchev–Trinajstić information content (AvgIpc) is 4.43. The number of carbonyl (C=O) groups excluding carboxylic acids is 1. The van der Waals surface area contributed by atoms with Gasteiger partial charge in [0.2, 0.25) is 11.8 Å². The first-order valence-electron chi connectivity index (χ1n) is 24.8. The molecule has 1 amide bonds. The van der Waals surface area contributed by atoms with E-state index in [0.717, 1.165) is 59.7 Å². The fourth-order valence-electron chi connectivity index (χ4n) is 9.49. The lowest BCUT2D eigenvalue weighted by atomic mass is 10.0. The van der Waals surface area contributed by atoms with Gasteiger partial charge < -0.3 is 65.4 Å². The summed E-state index contributed by atoms with van der Waals surface area (Å²) in [7, 11) is 7.28. The molecular weight excluding hydrogens is 1260 g/mol. The van der Waals surface area contributed by atoms with Crippen LogP contribution in [0.3, 0.4) is 0 Å². The van der Waals surface area contributed by atoms with E-state index in [2.05, 4.69) is 158 Å². The maximum Gasteiger partial charge on any atom is 0.353 e. The number of anilines is 6. The predicted octanol–water partition coefficient (Wildman–Crippen LogP) is 7.25. The first-order chi connectivity index (χ1) is 39.6. The summed E-state index contributed by atoms with van der Waals surface area (Å²) in [4.78, 5) is 110. The Bertz CT molecular complexity index is 4220. The summed E-state index contributed by atoms with van der Waals surface area (Å²) in [6.45, 7) is 2.97. The van der Waals surface area contributed by atoms with Gasteiger partial charge in [0.25, 0.3) is 11.5 Å². The predicted molar refractivity (Wildman–Crippen MR) is 314 cm³/mol. The quantitative estimate of drug-likeness (QED) is 0.0581. The number of aliphatic imine (C=N–C) groups is 3. The van der Waals surface area contributed by atoms with Crippen molar-refractivity contribution in [2.75, 3.05) is 57.4 Å². The first kappa shape index (κ1) is 54.9. The van der Waals surface area contributed by atoms with Crippen LogP contribution in [0.25, 0.3) is 33.1 Å². The van der Waals surface area contributed by atoms with E-state index in [1.165, 1.54) is 26.1 Å². The number of aromatic nitrogens is 12. The van der Waals surface area contributed by atoms with E-state index in [4.69, 9.17) is 9.47 Å². The zero-order valence-corrected chi connectivity index (χ0v) is 48.3. The molecule has 4 aliphatic rings. The van der Waals surface area contributed by atoms with Crippen molar-refractivity contribution in [3.63, 3.8) is 0 Å². The van der Waals surface area contributed by atoms with Gasteiger partial charge >= 0.3 is 11.9 Å². The van der Waals surface area contributed by atoms with Gasteiger partial charge in [-0.15, -0.1) is 0 Å². The van der Waals surface area contributed by atoms with Crippen LogP contribution in [0.2, 0.25) is 0 Å². The van der Waals surface area contributed by atoms with Crippen LogP contribution in [0, 0.1) is 0 Å². The van der Waals surface area contributed by atoms with Crippen LogP contribution in [0.15, 0.2) is 70.4 Å². The lowest BCUT2D eigenvalue weighted by molar-refractivity contribution is 0.0654. The normalized spacial score (nSPS) is 13.9. The molecule has 9 aromatic rings. The molecule has 0 radical (unpaired) electrons. The van der Waals surface area contributed by atoms with Crippen LogP contribution >= 0.6 is 47.8 Å². The Labute approximate surface area is 487 Å². The molecule has 0 aliphatic carbocycles. The van der Waals surface area contributed by atoms with E-state index in [9.17, 15) is 29.4 Å². The van der Waals surface area contributed by atoms with Gasteiger partial charge in [-0.1, -0.05) is 0 Å². The fourth-order valence-corrected chi connectivity index (χ4v) is 11.4. The van der Waals surface area contributed by atoms with Gasteiger partial charge in [-0.25, -0.2) is 49.5 Å². The molecule has 9 N–H and O–H groups in total. The number of likely N-dealkylation sites (tertiary alicyclic amines) is 1. The number of methoxy groups -OCH3 is 2. The van der Waals surface area contributed by atoms with Crippen molar-refractivity contribution in [1.29, 1.82) is 0 Å². The number of H-pyrrole nitrogens is 4. The van der Waals surface area contributed by atoms with E-state index in [0.29, 0.717) is 118 Å². The molecule has 1 fully saturated rings. The third-order valence-corrected chi connectivity index (χ3v) is 16.0. The van der Waals surface area contributed by atoms with Crippen LogP contribution in [-0.4, -0.2) is 164 Å². The summed E-state index contributed by atoms with van der Waals surface area (Å²) in [5.41, 5.74) is 8.12. The third-order valence-electron chi connectivity index (χ3n) is 13.6. The molecule has 4 aliphatic heterocycles. The molecule has 28 nitrogen and oxygen atoms in total. The zero-order chi connectivity index (χ0) is 57.5. The van der Waals surface area contributed by atoms with Crippen LogP contribution in [0.5, 0.6) is 11.8 Å². The standard InChI is InChI=1S/C22H25BrN8O2.C15H11BrN6O3.C14H9BrN6O3/c1-30(2)13-4-6-31(7-5-13)22(32)18-17(23)16-19(25-11-26-20(16)29-18)27-14-8-12-9-24-10-15(12)28-21(14)33-3;1-25-14-7(2-6-3-17-4-8(6)21-14)20-12-9-10(16)11(15(23)24)22-13(9)19-5-18-12;15-9-8-11(17-4-18-12(8)21-10(9)14(23)24)19-6-1-5-2-16-3-7(5)20-13(6)22/h8-9,11,13H,4-7,10H2,1-3H3,(H2,25,26,27,29);2-3,5H,4H2,1H3,(H,23,24)(H2,18,19,20,22);1-2,4H,3H2,(H,20,22)(H,23,24)(H2,17,18,19,21). The number of carboxylic acids is 2. The second kappa shape index (κ2) is 22.8. The lowest BCUT2D eigenvalue weighted by Gasteiger charge is -2.35. The maximum absolute atomic E-state index is 13.3. The highest BCUT2D eigenvalue weighted by Crippen LogP contribution is 2.39. The van der Waals surface area contributed by atoms with Gasteiger partial charge in [-0.05, 0) is 92.9 Å². The molecular formula is C51H45Br3N20O8. The number of ether oxygens (including phenoxy) is 2. The molecule has 418 valence electrons. The number of amides is 1. The Hall–Kier alpha value is -9.07. The van der Waals surface area contributed by atoms with E-state index in [1.807, 2.05) is 17.0 Å². The molecule has 1 saturated heterocycles. The largest absolute Gasteiger partial charge is 0.480 e. The molecule has 0 unspecified atom stereocenters. The molecule has 0 saturated carbocycles. The van der Waals surface area contributed by atoms with Gasteiger partial charge in [0.15, 0.2) is 0 Å². The highest BCUT2D eigenvalue weighted by Gasteiger charge is 2.30. The smallest absolute Gasteiger partial charge is 0.353 e. The van der Waals surface area contributed by atoms with Gasteiger partial charge in [0, 0.05) is 60.2 Å². The van der Waals surface area contributed by atoms with Crippen molar-refractivity contribution in [2.45, 2.75) is 38.5 Å². The summed E-state index contributed by atoms with van der Waals surface area (Å²) in [6, 6.07) is 5.98. The van der Waals surface area contributed by atoms with Gasteiger partial charge in [0.1, 0.15) is 87.5 Å². The Morgan fingerprint density at radius 3 is 1.46 bits per heavy atom. The highest BCUT2D eigenvalue weighted by molar-refractivity contribution is 9.11. The first-order valence-corrected chi connectivity index (χ1v) is 27.2. The molecule has 13 rings (SSSR count). The third kappa shape index (κ3) is 10.6. The van der Waals surface area contributed by atoms with Crippen molar-refractivity contribution in [2.24, 2.45) is 15.0 Å². The molecule has 82 heavy (non-hydrogen) atoms. The molecule has 31 heteroatoms. The Kier molecular flexibility index (Phi) is 15.3. The molecule has 9 aromatic heterocycles. The SMILES string of the molecule is COc1nc2c(cc1Nc1ncnc3[nH]c(C(=O)N4CCC(N(C)C)CC4)c(Br)c13)C=NC2.COc1nc2c(cc1Nc1ncnc3[nH]c(C(=O)O)c(Br)c13)C=NC2.O=C(O)c1[nH]c2ncnc(Nc3cc4c([nH]c3=O)CN=C4)c2c1Br. The summed E-state index contributed by atoms with van der Waals surface area (Å²) in [5, 5.41) is 29.5. The number of hydrogen-bond donors (Lipinski definition) is 9. The number of aromatic carboxylic acids is 2.